The summed E-state index contributed by atoms with van der Waals surface area (Å²) in [6.45, 7) is 14.5. The molecule has 2 unspecified atom stereocenters. The van der Waals surface area contributed by atoms with Crippen molar-refractivity contribution in [1.29, 1.82) is 0 Å². The van der Waals surface area contributed by atoms with E-state index in [1.54, 1.807) is 0 Å². The van der Waals surface area contributed by atoms with E-state index in [1.165, 1.54) is 127 Å². The summed E-state index contributed by atoms with van der Waals surface area (Å²) in [7, 11) is 0. The topological polar surface area (TPSA) is 27.7 Å². The van der Waals surface area contributed by atoms with Crippen LogP contribution in [0, 0.1) is 10.8 Å². The van der Waals surface area contributed by atoms with Crippen molar-refractivity contribution in [3.05, 3.63) is 47.6 Å². The quantitative estimate of drug-likeness (QED) is 0.0838. The highest BCUT2D eigenvalue weighted by Crippen LogP contribution is 2.36. The van der Waals surface area contributed by atoms with E-state index in [0.717, 1.165) is 52.5 Å². The summed E-state index contributed by atoms with van der Waals surface area (Å²) in [5, 5.41) is 0. The Morgan fingerprint density at radius 2 is 0.860 bits per heavy atom. The molecule has 0 saturated heterocycles. The fourth-order valence-electron chi connectivity index (χ4n) is 6.12. The summed E-state index contributed by atoms with van der Waals surface area (Å²) in [4.78, 5) is 0. The molecule has 0 N–H and O–H groups in total. The van der Waals surface area contributed by atoms with Crippen LogP contribution < -0.4 is 0 Å². The third-order valence-electron chi connectivity index (χ3n) is 9.46. The predicted molar refractivity (Wildman–Crippen MR) is 187 cm³/mol. The first-order valence-corrected chi connectivity index (χ1v) is 18.5. The van der Waals surface area contributed by atoms with E-state index in [9.17, 15) is 0 Å². The molecule has 0 aromatic heterocycles. The Morgan fingerprint density at radius 3 is 1.23 bits per heavy atom. The number of hydrogen-bond acceptors (Lipinski definition) is 3. The molecule has 2 rings (SSSR count). The second-order valence-electron chi connectivity index (χ2n) is 14.1. The number of rotatable bonds is 28. The molecular formula is C40H70O3. The average molecular weight is 599 g/mol. The zero-order valence-electron chi connectivity index (χ0n) is 29.1. The lowest BCUT2D eigenvalue weighted by molar-refractivity contribution is 0.124. The van der Waals surface area contributed by atoms with Crippen LogP contribution in [0.25, 0.3) is 0 Å². The highest BCUT2D eigenvalue weighted by molar-refractivity contribution is 5.27. The van der Waals surface area contributed by atoms with Gasteiger partial charge in [-0.2, -0.15) is 0 Å². The van der Waals surface area contributed by atoms with Crippen LogP contribution in [-0.4, -0.2) is 39.6 Å². The zero-order valence-corrected chi connectivity index (χ0v) is 29.1. The summed E-state index contributed by atoms with van der Waals surface area (Å²) in [6, 6.07) is 0. The Morgan fingerprint density at radius 1 is 0.488 bits per heavy atom. The lowest BCUT2D eigenvalue weighted by Crippen LogP contribution is -2.16. The van der Waals surface area contributed by atoms with Crippen LogP contribution in [0.2, 0.25) is 0 Å². The second-order valence-corrected chi connectivity index (χ2v) is 14.1. The Kier molecular flexibility index (Phi) is 21.3. The molecule has 0 aliphatic heterocycles. The van der Waals surface area contributed by atoms with E-state index < -0.39 is 0 Å². The molecule has 2 aliphatic carbocycles. The van der Waals surface area contributed by atoms with Crippen LogP contribution in [0.4, 0.5) is 0 Å². The maximum Gasteiger partial charge on any atom is 0.0713 e. The highest BCUT2D eigenvalue weighted by atomic mass is 16.5. The van der Waals surface area contributed by atoms with E-state index in [0.29, 0.717) is 10.8 Å². The first-order valence-electron chi connectivity index (χ1n) is 18.5. The Balaban J connectivity index is 1.38. The van der Waals surface area contributed by atoms with Crippen molar-refractivity contribution in [3.63, 3.8) is 0 Å². The van der Waals surface area contributed by atoms with Gasteiger partial charge in [0.1, 0.15) is 0 Å². The summed E-state index contributed by atoms with van der Waals surface area (Å²) >= 11 is 0. The van der Waals surface area contributed by atoms with Gasteiger partial charge in [0.05, 0.1) is 13.2 Å². The van der Waals surface area contributed by atoms with Gasteiger partial charge in [-0.1, -0.05) is 141 Å². The van der Waals surface area contributed by atoms with Crippen molar-refractivity contribution < 1.29 is 14.2 Å². The van der Waals surface area contributed by atoms with E-state index in [1.807, 2.05) is 0 Å². The molecule has 0 saturated carbocycles. The number of hydrogen-bond donors (Lipinski definition) is 0. The lowest BCUT2D eigenvalue weighted by atomic mass is 9.78. The van der Waals surface area contributed by atoms with Gasteiger partial charge in [0.2, 0.25) is 0 Å². The lowest BCUT2D eigenvalue weighted by Gasteiger charge is -2.28. The van der Waals surface area contributed by atoms with Crippen molar-refractivity contribution >= 4 is 0 Å². The molecular weight excluding hydrogens is 528 g/mol. The molecule has 0 spiro atoms. The van der Waals surface area contributed by atoms with Gasteiger partial charge in [0.25, 0.3) is 0 Å². The predicted octanol–water partition coefficient (Wildman–Crippen LogP) is 11.9. The fraction of sp³-hybridized carbons (Fsp3) is 0.800. The third-order valence-corrected chi connectivity index (χ3v) is 9.46. The second kappa shape index (κ2) is 24.1. The van der Waals surface area contributed by atoms with Gasteiger partial charge in [-0.3, -0.25) is 0 Å². The van der Waals surface area contributed by atoms with E-state index >= 15 is 0 Å². The monoisotopic (exact) mass is 599 g/mol. The number of ether oxygens (including phenoxy) is 3. The molecule has 3 heteroatoms. The maximum atomic E-state index is 5.97. The van der Waals surface area contributed by atoms with Crippen LogP contribution >= 0.6 is 0 Å². The molecule has 43 heavy (non-hydrogen) atoms. The molecule has 0 amide bonds. The molecule has 2 atom stereocenters. The first kappa shape index (κ1) is 38.0. The minimum atomic E-state index is 0.313. The zero-order chi connectivity index (χ0) is 30.9. The van der Waals surface area contributed by atoms with Gasteiger partial charge in [0.15, 0.2) is 0 Å². The summed E-state index contributed by atoms with van der Waals surface area (Å²) in [5.41, 5.74) is 3.35. The molecule has 0 aromatic carbocycles. The van der Waals surface area contributed by atoms with Crippen LogP contribution in [0.15, 0.2) is 47.6 Å². The molecule has 2 aliphatic rings. The van der Waals surface area contributed by atoms with Crippen LogP contribution in [0.3, 0.4) is 0 Å². The van der Waals surface area contributed by atoms with Crippen molar-refractivity contribution in [2.24, 2.45) is 10.8 Å². The van der Waals surface area contributed by atoms with Crippen molar-refractivity contribution in [2.75, 3.05) is 39.6 Å². The molecule has 248 valence electrons. The van der Waals surface area contributed by atoms with Crippen LogP contribution in [0.1, 0.15) is 156 Å². The van der Waals surface area contributed by atoms with E-state index in [4.69, 9.17) is 14.2 Å². The van der Waals surface area contributed by atoms with Gasteiger partial charge >= 0.3 is 0 Å². The van der Waals surface area contributed by atoms with Gasteiger partial charge in [0, 0.05) is 26.4 Å². The summed E-state index contributed by atoms with van der Waals surface area (Å²) < 4.78 is 17.8. The number of allylic oxidation sites excluding steroid dienone is 4. The van der Waals surface area contributed by atoms with Crippen LogP contribution in [-0.2, 0) is 14.2 Å². The molecule has 0 fully saturated rings. The Labute approximate surface area is 268 Å². The molecule has 0 heterocycles. The Bertz CT molecular complexity index is 743. The van der Waals surface area contributed by atoms with Gasteiger partial charge in [-0.05, 0) is 73.3 Å². The van der Waals surface area contributed by atoms with E-state index in [2.05, 4.69) is 64.2 Å². The maximum absolute atomic E-state index is 5.97. The van der Waals surface area contributed by atoms with Gasteiger partial charge in [-0.15, -0.1) is 0 Å². The molecule has 0 bridgehead atoms. The van der Waals surface area contributed by atoms with Crippen LogP contribution in [0.5, 0.6) is 0 Å². The third kappa shape index (κ3) is 19.1. The molecule has 3 nitrogen and oxygen atoms in total. The van der Waals surface area contributed by atoms with Crippen molar-refractivity contribution in [2.45, 2.75) is 156 Å². The highest BCUT2D eigenvalue weighted by Gasteiger charge is 2.23. The molecule has 0 aromatic rings. The normalized spacial score (nSPS) is 21.8. The Hall–Kier alpha value is -1.16. The molecule has 0 radical (unpaired) electrons. The summed E-state index contributed by atoms with van der Waals surface area (Å²) in [5.74, 6) is 0. The number of unbranched alkanes of at least 4 members (excludes halogenated alkanes) is 12. The SMILES string of the molecule is CCCCCCCOCC1=CCC(C)(CCCCCOCCCCCC2(C)C=CC(COCCCCCCC)=CC2)C=C1. The van der Waals surface area contributed by atoms with Crippen molar-refractivity contribution in [1.82, 2.24) is 0 Å². The first-order chi connectivity index (χ1) is 21.0. The fourth-order valence-corrected chi connectivity index (χ4v) is 6.12. The summed E-state index contributed by atoms with van der Waals surface area (Å²) in [6.07, 6.45) is 39.7. The minimum absolute atomic E-state index is 0.313. The smallest absolute Gasteiger partial charge is 0.0713 e. The van der Waals surface area contributed by atoms with Gasteiger partial charge in [-0.25, -0.2) is 0 Å². The van der Waals surface area contributed by atoms with E-state index in [-0.39, 0.29) is 0 Å². The largest absolute Gasteiger partial charge is 0.381 e. The average Bonchev–Trinajstić information content (AvgIpc) is 3.01. The van der Waals surface area contributed by atoms with Crippen molar-refractivity contribution in [3.8, 4) is 0 Å². The minimum Gasteiger partial charge on any atom is -0.381 e. The van der Waals surface area contributed by atoms with Gasteiger partial charge < -0.3 is 14.2 Å². The standard InChI is InChI=1S/C40H70O3/c1-5-7-9-11-17-33-42-35-37-21-27-39(3,28-22-37)25-15-13-19-31-41-32-20-14-16-26-40(4)29-23-38(24-30-40)36-43-34-18-12-10-8-6-2/h21-24,27,29H,5-20,25-26,28,30-36H2,1-4H3.